The zero-order chi connectivity index (χ0) is 16.5. The molecule has 0 saturated carbocycles. The molecule has 2 heterocycles. The van der Waals surface area contributed by atoms with E-state index < -0.39 is 0 Å². The van der Waals surface area contributed by atoms with Crippen molar-refractivity contribution in [3.05, 3.63) is 65.4 Å². The van der Waals surface area contributed by atoms with Crippen LogP contribution in [0.4, 0.5) is 0 Å². The van der Waals surface area contributed by atoms with Crippen LogP contribution in [-0.4, -0.2) is 30.2 Å². The Labute approximate surface area is 142 Å². The van der Waals surface area contributed by atoms with Crippen LogP contribution in [0.25, 0.3) is 23.2 Å². The normalized spacial score (nSPS) is 15.1. The summed E-state index contributed by atoms with van der Waals surface area (Å²) >= 11 is 0. The third kappa shape index (κ3) is 2.61. The molecule has 1 aliphatic rings. The number of nitrogens with zero attached hydrogens (tertiary/aromatic N) is 2. The average Bonchev–Trinajstić information content (AvgIpc) is 2.93. The van der Waals surface area contributed by atoms with E-state index >= 15 is 0 Å². The van der Waals surface area contributed by atoms with E-state index in [1.165, 1.54) is 27.7 Å². The molecule has 122 valence electrons. The number of rotatable bonds is 3. The molecule has 0 bridgehead atoms. The van der Waals surface area contributed by atoms with Gasteiger partial charge in [0.05, 0.1) is 12.6 Å². The van der Waals surface area contributed by atoms with Crippen molar-refractivity contribution in [2.45, 2.75) is 13.0 Å². The van der Waals surface area contributed by atoms with Crippen molar-refractivity contribution < 1.29 is 4.74 Å². The Balaban J connectivity index is 1.87. The number of ether oxygens (including phenoxy) is 1. The lowest BCUT2D eigenvalue weighted by molar-refractivity contribution is 0.312. The molecule has 3 aromatic rings. The van der Waals surface area contributed by atoms with Gasteiger partial charge >= 0.3 is 0 Å². The van der Waals surface area contributed by atoms with Gasteiger partial charge in [-0.05, 0) is 42.4 Å². The minimum Gasteiger partial charge on any atom is -0.497 e. The van der Waals surface area contributed by atoms with Gasteiger partial charge in [-0.2, -0.15) is 0 Å². The molecule has 4 rings (SSSR count). The lowest BCUT2D eigenvalue weighted by atomic mass is 10.0. The summed E-state index contributed by atoms with van der Waals surface area (Å²) in [6.45, 7) is 2.09. The Bertz CT molecular complexity index is 893. The molecular weight excluding hydrogens is 296 g/mol. The Morgan fingerprint density at radius 1 is 1.08 bits per heavy atom. The van der Waals surface area contributed by atoms with Gasteiger partial charge in [0.15, 0.2) is 0 Å². The van der Waals surface area contributed by atoms with Crippen LogP contribution >= 0.6 is 0 Å². The third-order valence-corrected chi connectivity index (χ3v) is 4.80. The van der Waals surface area contributed by atoms with Crippen molar-refractivity contribution in [1.82, 2.24) is 9.47 Å². The zero-order valence-electron chi connectivity index (χ0n) is 14.2. The van der Waals surface area contributed by atoms with Crippen LogP contribution in [-0.2, 0) is 13.0 Å². The van der Waals surface area contributed by atoms with Crippen LogP contribution < -0.4 is 4.74 Å². The molecule has 2 aromatic carbocycles. The van der Waals surface area contributed by atoms with E-state index in [9.17, 15) is 0 Å². The summed E-state index contributed by atoms with van der Waals surface area (Å²) in [6, 6.07) is 16.8. The molecule has 3 heteroatoms. The highest BCUT2D eigenvalue weighted by atomic mass is 16.5. The van der Waals surface area contributed by atoms with Crippen LogP contribution in [0.5, 0.6) is 5.75 Å². The van der Waals surface area contributed by atoms with E-state index in [4.69, 9.17) is 4.74 Å². The van der Waals surface area contributed by atoms with Crippen LogP contribution in [0.15, 0.2) is 48.5 Å². The van der Waals surface area contributed by atoms with Crippen molar-refractivity contribution in [2.24, 2.45) is 0 Å². The molecule has 1 aliphatic heterocycles. The standard InChI is InChI=1S/C21H22N2O/c1-22-12-11-21-19(15-22)18-14-17(24-2)8-9-20(18)23(21)13-10-16-6-4-3-5-7-16/h3-10,13-14H,11-12,15H2,1-2H3/b13-10+. The van der Waals surface area contributed by atoms with Gasteiger partial charge in [0.25, 0.3) is 0 Å². The topological polar surface area (TPSA) is 17.4 Å². The van der Waals surface area contributed by atoms with Crippen molar-refractivity contribution >= 4 is 23.2 Å². The molecule has 1 aromatic heterocycles. The summed E-state index contributed by atoms with van der Waals surface area (Å²) in [5.74, 6) is 0.919. The average molecular weight is 318 g/mol. The highest BCUT2D eigenvalue weighted by molar-refractivity contribution is 5.89. The van der Waals surface area contributed by atoms with Crippen molar-refractivity contribution in [3.63, 3.8) is 0 Å². The lowest BCUT2D eigenvalue weighted by Gasteiger charge is -2.23. The quantitative estimate of drug-likeness (QED) is 0.718. The fraction of sp³-hybridized carbons (Fsp3) is 0.238. The fourth-order valence-electron chi connectivity index (χ4n) is 3.53. The van der Waals surface area contributed by atoms with Gasteiger partial charge in [0, 0.05) is 36.8 Å². The van der Waals surface area contributed by atoms with Crippen molar-refractivity contribution in [1.29, 1.82) is 0 Å². The summed E-state index contributed by atoms with van der Waals surface area (Å²) in [7, 11) is 3.91. The molecule has 0 N–H and O–H groups in total. The third-order valence-electron chi connectivity index (χ3n) is 4.80. The van der Waals surface area contributed by atoms with Gasteiger partial charge in [-0.3, -0.25) is 0 Å². The number of likely N-dealkylation sites (N-methyl/N-ethyl adjacent to an activating group) is 1. The highest BCUT2D eigenvalue weighted by Gasteiger charge is 2.21. The summed E-state index contributed by atoms with van der Waals surface area (Å²) < 4.78 is 7.79. The monoisotopic (exact) mass is 318 g/mol. The number of methoxy groups -OCH3 is 1. The van der Waals surface area contributed by atoms with Gasteiger partial charge < -0.3 is 14.2 Å². The maximum Gasteiger partial charge on any atom is 0.119 e. The molecule has 0 spiro atoms. The molecule has 3 nitrogen and oxygen atoms in total. The van der Waals surface area contributed by atoms with E-state index in [1.807, 2.05) is 12.1 Å². The maximum atomic E-state index is 5.44. The predicted octanol–water partition coefficient (Wildman–Crippen LogP) is 4.27. The molecule has 24 heavy (non-hydrogen) atoms. The number of fused-ring (bicyclic) bond motifs is 3. The summed E-state index contributed by atoms with van der Waals surface area (Å²) in [5.41, 5.74) is 5.32. The van der Waals surface area contributed by atoms with E-state index in [0.717, 1.165) is 25.3 Å². The molecule has 0 radical (unpaired) electrons. The first-order valence-electron chi connectivity index (χ1n) is 8.38. The Hall–Kier alpha value is -2.52. The second-order valence-corrected chi connectivity index (χ2v) is 6.39. The molecule has 0 amide bonds. The molecule has 0 saturated heterocycles. The molecule has 0 atom stereocenters. The predicted molar refractivity (Wildman–Crippen MR) is 100 cm³/mol. The Morgan fingerprint density at radius 2 is 1.92 bits per heavy atom. The van der Waals surface area contributed by atoms with Gasteiger partial charge in [-0.1, -0.05) is 30.3 Å². The van der Waals surface area contributed by atoms with Gasteiger partial charge in [-0.25, -0.2) is 0 Å². The fourth-order valence-corrected chi connectivity index (χ4v) is 3.53. The van der Waals surface area contributed by atoms with Crippen LogP contribution in [0.1, 0.15) is 16.8 Å². The van der Waals surface area contributed by atoms with E-state index in [-0.39, 0.29) is 0 Å². The van der Waals surface area contributed by atoms with Crippen molar-refractivity contribution in [3.8, 4) is 5.75 Å². The smallest absolute Gasteiger partial charge is 0.119 e. The Morgan fingerprint density at radius 3 is 2.71 bits per heavy atom. The zero-order valence-corrected chi connectivity index (χ0v) is 14.2. The molecule has 0 fully saturated rings. The van der Waals surface area contributed by atoms with Crippen LogP contribution in [0.3, 0.4) is 0 Å². The van der Waals surface area contributed by atoms with E-state index in [1.54, 1.807) is 7.11 Å². The summed E-state index contributed by atoms with van der Waals surface area (Å²) in [4.78, 5) is 2.38. The lowest BCUT2D eigenvalue weighted by Crippen LogP contribution is -2.26. The number of hydrogen-bond acceptors (Lipinski definition) is 2. The second kappa shape index (κ2) is 6.17. The molecule has 0 aliphatic carbocycles. The first-order valence-corrected chi connectivity index (χ1v) is 8.38. The summed E-state index contributed by atoms with van der Waals surface area (Å²) in [5, 5.41) is 1.30. The van der Waals surface area contributed by atoms with E-state index in [0.29, 0.717) is 0 Å². The van der Waals surface area contributed by atoms with Crippen LogP contribution in [0, 0.1) is 0 Å². The van der Waals surface area contributed by atoms with Crippen LogP contribution in [0.2, 0.25) is 0 Å². The minimum atomic E-state index is 0.919. The summed E-state index contributed by atoms with van der Waals surface area (Å²) in [6.07, 6.45) is 5.46. The van der Waals surface area contributed by atoms with Gasteiger partial charge in [0.1, 0.15) is 5.75 Å². The number of benzene rings is 2. The SMILES string of the molecule is COc1ccc2c(c1)c1c(n2/C=C/c2ccccc2)CCN(C)C1. The van der Waals surface area contributed by atoms with Gasteiger partial charge in [0.2, 0.25) is 0 Å². The number of aromatic nitrogens is 1. The molecular formula is C21H22N2O. The number of hydrogen-bond donors (Lipinski definition) is 0. The largest absolute Gasteiger partial charge is 0.497 e. The Kier molecular flexibility index (Phi) is 3.87. The van der Waals surface area contributed by atoms with E-state index in [2.05, 4.69) is 65.2 Å². The maximum absolute atomic E-state index is 5.44. The minimum absolute atomic E-state index is 0.919. The first-order chi connectivity index (χ1) is 11.8. The highest BCUT2D eigenvalue weighted by Crippen LogP contribution is 2.33. The van der Waals surface area contributed by atoms with Crippen molar-refractivity contribution in [2.75, 3.05) is 20.7 Å². The second-order valence-electron chi connectivity index (χ2n) is 6.39. The first kappa shape index (κ1) is 15.0. The van der Waals surface area contributed by atoms with Gasteiger partial charge in [-0.15, -0.1) is 0 Å². The molecule has 0 unspecified atom stereocenters.